The highest BCUT2D eigenvalue weighted by Gasteiger charge is 2.07. The van der Waals surface area contributed by atoms with E-state index < -0.39 is 0 Å². The fourth-order valence-corrected chi connectivity index (χ4v) is 3.31. The van der Waals surface area contributed by atoms with Crippen LogP contribution < -0.4 is 16.1 Å². The summed E-state index contributed by atoms with van der Waals surface area (Å²) in [7, 11) is 0. The molecule has 4 rings (SSSR count). The van der Waals surface area contributed by atoms with Crippen LogP contribution >= 0.6 is 22.6 Å². The second-order valence-corrected chi connectivity index (χ2v) is 7.81. The highest BCUT2D eigenvalue weighted by atomic mass is 127. The maximum atomic E-state index is 4.48. The minimum Gasteiger partial charge on any atom is -0.350 e. The van der Waals surface area contributed by atoms with Crippen molar-refractivity contribution in [2.24, 2.45) is 5.10 Å². The highest BCUT2D eigenvalue weighted by Crippen LogP contribution is 2.16. The Kier molecular flexibility index (Phi) is 7.01. The van der Waals surface area contributed by atoms with Gasteiger partial charge in [-0.3, -0.25) is 0 Å². The number of hydrogen-bond acceptors (Lipinski definition) is 7. The van der Waals surface area contributed by atoms with Gasteiger partial charge < -0.3 is 10.6 Å². The number of nitrogens with one attached hydrogen (secondary N) is 3. The molecular formula is C23H20IN7. The lowest BCUT2D eigenvalue weighted by Crippen LogP contribution is -2.09. The first-order valence-electron chi connectivity index (χ1n) is 9.65. The summed E-state index contributed by atoms with van der Waals surface area (Å²) in [6.45, 7) is 0.598. The van der Waals surface area contributed by atoms with Crippen molar-refractivity contribution in [3.8, 4) is 0 Å². The molecule has 0 amide bonds. The van der Waals surface area contributed by atoms with Crippen LogP contribution in [0.5, 0.6) is 0 Å². The first-order chi connectivity index (χ1) is 15.2. The van der Waals surface area contributed by atoms with Gasteiger partial charge in [0.15, 0.2) is 0 Å². The summed E-state index contributed by atoms with van der Waals surface area (Å²) in [4.78, 5) is 13.4. The molecule has 154 valence electrons. The molecule has 31 heavy (non-hydrogen) atoms. The van der Waals surface area contributed by atoms with Gasteiger partial charge in [0.25, 0.3) is 0 Å². The smallest absolute Gasteiger partial charge is 0.250 e. The molecule has 0 radical (unpaired) electrons. The van der Waals surface area contributed by atoms with E-state index in [1.54, 1.807) is 6.21 Å². The normalized spacial score (nSPS) is 10.7. The van der Waals surface area contributed by atoms with Gasteiger partial charge in [-0.2, -0.15) is 20.1 Å². The molecule has 3 aromatic carbocycles. The van der Waals surface area contributed by atoms with Gasteiger partial charge in [0, 0.05) is 15.8 Å². The van der Waals surface area contributed by atoms with Gasteiger partial charge in [-0.25, -0.2) is 5.43 Å². The average molecular weight is 521 g/mol. The summed E-state index contributed by atoms with van der Waals surface area (Å²) < 4.78 is 1.14. The average Bonchev–Trinajstić information content (AvgIpc) is 2.79. The van der Waals surface area contributed by atoms with Crippen LogP contribution in [0.15, 0.2) is 90.0 Å². The zero-order chi connectivity index (χ0) is 21.3. The maximum absolute atomic E-state index is 4.48. The van der Waals surface area contributed by atoms with Gasteiger partial charge in [0.1, 0.15) is 0 Å². The molecule has 1 aromatic heterocycles. The molecular weight excluding hydrogens is 501 g/mol. The first kappa shape index (κ1) is 20.7. The molecule has 0 saturated heterocycles. The third-order valence-corrected chi connectivity index (χ3v) is 4.86. The van der Waals surface area contributed by atoms with E-state index in [9.17, 15) is 0 Å². The summed E-state index contributed by atoms with van der Waals surface area (Å²) in [6.07, 6.45) is 1.73. The van der Waals surface area contributed by atoms with Crippen LogP contribution in [0.2, 0.25) is 0 Å². The van der Waals surface area contributed by atoms with Crippen LogP contribution in [0.1, 0.15) is 11.1 Å². The summed E-state index contributed by atoms with van der Waals surface area (Å²) >= 11 is 2.27. The Morgan fingerprint density at radius 3 is 2.26 bits per heavy atom. The van der Waals surface area contributed by atoms with Crippen molar-refractivity contribution in [2.75, 3.05) is 16.1 Å². The molecule has 1 heterocycles. The van der Waals surface area contributed by atoms with E-state index in [0.717, 1.165) is 20.4 Å². The standard InChI is InChI=1S/C23H20IN7/c24-19-11-7-10-18(14-19)16-26-31-23-29-21(25-15-17-8-3-1-4-9-17)28-22(30-23)27-20-12-5-2-6-13-20/h1-14,16H,15H2,(H3,25,27,28,29,30,31)/b26-16-. The quantitative estimate of drug-likeness (QED) is 0.166. The van der Waals surface area contributed by atoms with Crippen molar-refractivity contribution < 1.29 is 0 Å². The predicted octanol–water partition coefficient (Wildman–Crippen LogP) is 5.28. The van der Waals surface area contributed by atoms with Gasteiger partial charge >= 0.3 is 0 Å². The van der Waals surface area contributed by atoms with Crippen molar-refractivity contribution in [3.63, 3.8) is 0 Å². The predicted molar refractivity (Wildman–Crippen MR) is 134 cm³/mol. The molecule has 0 aliphatic carbocycles. The number of aromatic nitrogens is 3. The summed E-state index contributed by atoms with van der Waals surface area (Å²) in [5.74, 6) is 1.21. The van der Waals surface area contributed by atoms with Gasteiger partial charge in [-0.05, 0) is 58.0 Å². The van der Waals surface area contributed by atoms with E-state index in [4.69, 9.17) is 0 Å². The van der Waals surface area contributed by atoms with Crippen molar-refractivity contribution in [1.29, 1.82) is 0 Å². The Labute approximate surface area is 194 Å². The molecule has 0 aliphatic rings. The zero-order valence-corrected chi connectivity index (χ0v) is 18.7. The van der Waals surface area contributed by atoms with E-state index in [-0.39, 0.29) is 0 Å². The van der Waals surface area contributed by atoms with E-state index in [2.05, 4.69) is 58.7 Å². The van der Waals surface area contributed by atoms with Gasteiger partial charge in [-0.15, -0.1) is 0 Å². The summed E-state index contributed by atoms with van der Waals surface area (Å²) in [5, 5.41) is 10.7. The summed E-state index contributed by atoms with van der Waals surface area (Å²) in [5.41, 5.74) is 5.90. The Balaban J connectivity index is 1.52. The molecule has 0 unspecified atom stereocenters. The number of halogens is 1. The Morgan fingerprint density at radius 1 is 0.774 bits per heavy atom. The number of anilines is 4. The lowest BCUT2D eigenvalue weighted by molar-refractivity contribution is 0.999. The number of hydrogen-bond donors (Lipinski definition) is 3. The van der Waals surface area contributed by atoms with Crippen molar-refractivity contribution >= 4 is 52.3 Å². The molecule has 8 heteroatoms. The Hall–Kier alpha value is -3.53. The highest BCUT2D eigenvalue weighted by molar-refractivity contribution is 14.1. The number of hydrazone groups is 1. The van der Waals surface area contributed by atoms with Crippen LogP contribution in [-0.4, -0.2) is 21.2 Å². The van der Waals surface area contributed by atoms with E-state index in [0.29, 0.717) is 24.4 Å². The molecule has 0 spiro atoms. The minimum absolute atomic E-state index is 0.339. The zero-order valence-electron chi connectivity index (χ0n) is 16.5. The van der Waals surface area contributed by atoms with Crippen LogP contribution in [0.25, 0.3) is 0 Å². The van der Waals surface area contributed by atoms with E-state index in [1.165, 1.54) is 0 Å². The number of para-hydroxylation sites is 1. The minimum atomic E-state index is 0.339. The molecule has 0 bridgehead atoms. The molecule has 0 atom stereocenters. The monoisotopic (exact) mass is 521 g/mol. The van der Waals surface area contributed by atoms with Gasteiger partial charge in [0.2, 0.25) is 17.8 Å². The molecule has 4 aromatic rings. The third kappa shape index (κ3) is 6.48. The molecule has 3 N–H and O–H groups in total. The largest absolute Gasteiger partial charge is 0.350 e. The second-order valence-electron chi connectivity index (χ2n) is 6.56. The second kappa shape index (κ2) is 10.5. The molecule has 7 nitrogen and oxygen atoms in total. The molecule has 0 aliphatic heterocycles. The fraction of sp³-hybridized carbons (Fsp3) is 0.0435. The SMILES string of the molecule is Ic1cccc(/C=N\Nc2nc(NCc3ccccc3)nc(Nc3ccccc3)n2)c1. The fourth-order valence-electron chi connectivity index (χ4n) is 2.74. The van der Waals surface area contributed by atoms with Gasteiger partial charge in [0.05, 0.1) is 6.21 Å². The van der Waals surface area contributed by atoms with E-state index >= 15 is 0 Å². The number of benzene rings is 3. The van der Waals surface area contributed by atoms with Crippen molar-refractivity contribution in [2.45, 2.75) is 6.54 Å². The lowest BCUT2D eigenvalue weighted by Gasteiger charge is -2.10. The molecule has 0 saturated carbocycles. The first-order valence-corrected chi connectivity index (χ1v) is 10.7. The van der Waals surface area contributed by atoms with Crippen molar-refractivity contribution in [1.82, 2.24) is 15.0 Å². The Morgan fingerprint density at radius 2 is 1.48 bits per heavy atom. The van der Waals surface area contributed by atoms with Crippen LogP contribution in [0, 0.1) is 3.57 Å². The van der Waals surface area contributed by atoms with E-state index in [1.807, 2.05) is 84.9 Å². The Bertz CT molecular complexity index is 1150. The number of rotatable bonds is 8. The van der Waals surface area contributed by atoms with Crippen LogP contribution in [-0.2, 0) is 6.54 Å². The van der Waals surface area contributed by atoms with Gasteiger partial charge in [-0.1, -0.05) is 60.7 Å². The third-order valence-electron chi connectivity index (χ3n) is 4.19. The lowest BCUT2D eigenvalue weighted by atomic mass is 10.2. The topological polar surface area (TPSA) is 87.1 Å². The molecule has 0 fully saturated rings. The number of nitrogens with zero attached hydrogens (tertiary/aromatic N) is 4. The maximum Gasteiger partial charge on any atom is 0.250 e. The summed E-state index contributed by atoms with van der Waals surface area (Å²) in [6, 6.07) is 27.9. The van der Waals surface area contributed by atoms with Crippen LogP contribution in [0.4, 0.5) is 23.5 Å². The van der Waals surface area contributed by atoms with Crippen molar-refractivity contribution in [3.05, 3.63) is 99.6 Å². The van der Waals surface area contributed by atoms with Crippen LogP contribution in [0.3, 0.4) is 0 Å².